The Morgan fingerprint density at radius 3 is 2.21 bits per heavy atom. The van der Waals surface area contributed by atoms with Crippen LogP contribution >= 0.6 is 0 Å². The van der Waals surface area contributed by atoms with Gasteiger partial charge in [-0.2, -0.15) is 13.9 Å². The van der Waals surface area contributed by atoms with Crippen LogP contribution in [-0.2, 0) is 0 Å². The summed E-state index contributed by atoms with van der Waals surface area (Å²) in [6.45, 7) is -0.942. The number of alkyl halides is 2. The van der Waals surface area contributed by atoms with Crippen molar-refractivity contribution in [1.29, 1.82) is 0 Å². The molecule has 0 atom stereocenters. The van der Waals surface area contributed by atoms with Crippen molar-refractivity contribution in [3.05, 3.63) is 59.7 Å². The number of anilines is 1. The molecule has 7 heteroatoms. The van der Waals surface area contributed by atoms with E-state index in [2.05, 4.69) is 15.3 Å². The smallest absolute Gasteiger partial charge is 0.387 e. The van der Waals surface area contributed by atoms with E-state index >= 15 is 0 Å². The van der Waals surface area contributed by atoms with Gasteiger partial charge in [0.05, 0.1) is 17.0 Å². The summed E-state index contributed by atoms with van der Waals surface area (Å²) in [6.07, 6.45) is 0.620. The van der Waals surface area contributed by atoms with Crippen LogP contribution in [0.15, 0.2) is 53.6 Å². The van der Waals surface area contributed by atoms with Crippen LogP contribution in [0.5, 0.6) is 5.75 Å². The molecular formula is C17H16F2N2O3. The van der Waals surface area contributed by atoms with E-state index in [0.717, 1.165) is 11.3 Å². The Balaban J connectivity index is 2.09. The van der Waals surface area contributed by atoms with Crippen LogP contribution in [0, 0.1) is 0 Å². The van der Waals surface area contributed by atoms with Crippen LogP contribution in [0.25, 0.3) is 0 Å². The van der Waals surface area contributed by atoms with Crippen LogP contribution in [-0.4, -0.2) is 23.4 Å². The van der Waals surface area contributed by atoms with E-state index in [1.54, 1.807) is 24.3 Å². The topological polar surface area (TPSA) is 70.9 Å². The van der Waals surface area contributed by atoms with E-state index in [9.17, 15) is 13.6 Å². The zero-order valence-electron chi connectivity index (χ0n) is 12.9. The van der Waals surface area contributed by atoms with Crippen LogP contribution in [0.1, 0.15) is 29.3 Å². The van der Waals surface area contributed by atoms with Crippen molar-refractivity contribution in [2.45, 2.75) is 20.0 Å². The summed E-state index contributed by atoms with van der Waals surface area (Å²) < 4.78 is 28.6. The first-order chi connectivity index (χ1) is 11.5. The Labute approximate surface area is 137 Å². The Morgan fingerprint density at radius 1 is 1.12 bits per heavy atom. The fourth-order valence-corrected chi connectivity index (χ4v) is 2.00. The summed E-state index contributed by atoms with van der Waals surface area (Å²) in [6, 6.07) is 12.4. The van der Waals surface area contributed by atoms with E-state index in [0.29, 0.717) is 12.1 Å². The molecule has 5 nitrogen and oxygen atoms in total. The number of carboxylic acid groups (broad SMARTS) is 1. The first kappa shape index (κ1) is 17.4. The number of nitrogens with zero attached hydrogens (tertiary/aromatic N) is 1. The van der Waals surface area contributed by atoms with Gasteiger partial charge in [0, 0.05) is 0 Å². The molecule has 126 valence electrons. The Bertz CT molecular complexity index is 714. The second-order valence-electron chi connectivity index (χ2n) is 4.81. The average Bonchev–Trinajstić information content (AvgIpc) is 2.56. The van der Waals surface area contributed by atoms with Gasteiger partial charge in [-0.15, -0.1) is 0 Å². The molecule has 0 saturated heterocycles. The molecule has 2 aromatic rings. The van der Waals surface area contributed by atoms with Crippen LogP contribution < -0.4 is 10.2 Å². The molecule has 2 aromatic carbocycles. The lowest BCUT2D eigenvalue weighted by Gasteiger charge is -2.08. The van der Waals surface area contributed by atoms with Gasteiger partial charge < -0.3 is 9.84 Å². The number of carboxylic acids is 1. The molecule has 0 radical (unpaired) electrons. The van der Waals surface area contributed by atoms with Crippen LogP contribution in [0.2, 0.25) is 0 Å². The lowest BCUT2D eigenvalue weighted by Crippen LogP contribution is -2.05. The van der Waals surface area contributed by atoms with Crippen molar-refractivity contribution < 1.29 is 23.4 Å². The van der Waals surface area contributed by atoms with Crippen molar-refractivity contribution in [3.63, 3.8) is 0 Å². The maximum Gasteiger partial charge on any atom is 0.387 e. The van der Waals surface area contributed by atoms with Crippen molar-refractivity contribution >= 4 is 17.4 Å². The van der Waals surface area contributed by atoms with Crippen molar-refractivity contribution in [3.8, 4) is 5.75 Å². The molecule has 0 amide bonds. The van der Waals surface area contributed by atoms with Gasteiger partial charge in [0.25, 0.3) is 0 Å². The predicted octanol–water partition coefficient (Wildman–Crippen LogP) is 4.21. The third-order valence-electron chi connectivity index (χ3n) is 3.20. The zero-order chi connectivity index (χ0) is 17.5. The number of rotatable bonds is 7. The lowest BCUT2D eigenvalue weighted by atomic mass is 10.1. The second kappa shape index (κ2) is 8.05. The van der Waals surface area contributed by atoms with Gasteiger partial charge in [0.2, 0.25) is 0 Å². The molecule has 2 N–H and O–H groups in total. The van der Waals surface area contributed by atoms with Crippen LogP contribution in [0.4, 0.5) is 14.5 Å². The highest BCUT2D eigenvalue weighted by molar-refractivity contribution is 6.00. The number of nitrogens with one attached hydrogen (secondary N) is 1. The SMILES string of the molecule is CC/C(=N/Nc1ccc(C(=O)O)cc1)c1ccc(OC(F)F)cc1. The molecule has 0 aliphatic rings. The minimum atomic E-state index is -2.86. The number of ether oxygens (including phenoxy) is 1. The number of carbonyl (C=O) groups is 1. The third kappa shape index (κ3) is 4.77. The predicted molar refractivity (Wildman–Crippen MR) is 86.9 cm³/mol. The minimum absolute atomic E-state index is 0.0846. The molecule has 0 aliphatic carbocycles. The van der Waals surface area contributed by atoms with Gasteiger partial charge >= 0.3 is 12.6 Å². The highest BCUT2D eigenvalue weighted by atomic mass is 19.3. The van der Waals surface area contributed by atoms with Crippen molar-refractivity contribution in [2.24, 2.45) is 5.10 Å². The zero-order valence-corrected chi connectivity index (χ0v) is 12.9. The molecule has 0 heterocycles. The van der Waals surface area contributed by atoms with E-state index < -0.39 is 12.6 Å². The summed E-state index contributed by atoms with van der Waals surface area (Å²) >= 11 is 0. The largest absolute Gasteiger partial charge is 0.478 e. The highest BCUT2D eigenvalue weighted by Gasteiger charge is 2.06. The standard InChI is InChI=1S/C17H16F2N2O3/c1-2-15(11-5-9-14(10-6-11)24-17(18)19)21-20-13-7-3-12(4-8-13)16(22)23/h3-10,17,20H,2H2,1H3,(H,22,23)/b21-15-. The maximum absolute atomic E-state index is 12.1. The van der Waals surface area contributed by atoms with Gasteiger partial charge in [-0.05, 0) is 60.5 Å². The van der Waals surface area contributed by atoms with Gasteiger partial charge in [-0.1, -0.05) is 6.92 Å². The highest BCUT2D eigenvalue weighted by Crippen LogP contribution is 2.17. The monoisotopic (exact) mass is 334 g/mol. The Hall–Kier alpha value is -2.96. The normalized spacial score (nSPS) is 11.4. The molecule has 2 rings (SSSR count). The molecule has 0 saturated carbocycles. The molecule has 0 fully saturated rings. The fraction of sp³-hybridized carbons (Fsp3) is 0.176. The summed E-state index contributed by atoms with van der Waals surface area (Å²) in [5.41, 5.74) is 5.18. The lowest BCUT2D eigenvalue weighted by molar-refractivity contribution is -0.0498. The van der Waals surface area contributed by atoms with Crippen molar-refractivity contribution in [1.82, 2.24) is 0 Å². The number of halogens is 2. The average molecular weight is 334 g/mol. The Kier molecular flexibility index (Phi) is 5.83. The number of hydrogen-bond donors (Lipinski definition) is 2. The molecule has 24 heavy (non-hydrogen) atoms. The number of benzene rings is 2. The summed E-state index contributed by atoms with van der Waals surface area (Å²) in [4.78, 5) is 10.8. The van der Waals surface area contributed by atoms with Gasteiger partial charge in [-0.3, -0.25) is 5.43 Å². The molecular weight excluding hydrogens is 318 g/mol. The summed E-state index contributed by atoms with van der Waals surface area (Å²) in [7, 11) is 0. The molecule has 0 bridgehead atoms. The van der Waals surface area contributed by atoms with E-state index in [1.165, 1.54) is 24.3 Å². The fourth-order valence-electron chi connectivity index (χ4n) is 2.00. The second-order valence-corrected chi connectivity index (χ2v) is 4.81. The third-order valence-corrected chi connectivity index (χ3v) is 3.20. The molecule has 0 unspecified atom stereocenters. The van der Waals surface area contributed by atoms with Gasteiger partial charge in [0.1, 0.15) is 5.75 Å². The first-order valence-corrected chi connectivity index (χ1v) is 7.20. The van der Waals surface area contributed by atoms with E-state index in [1.807, 2.05) is 6.92 Å². The number of hydrogen-bond acceptors (Lipinski definition) is 4. The van der Waals surface area contributed by atoms with Gasteiger partial charge in [0.15, 0.2) is 0 Å². The number of aromatic carboxylic acids is 1. The first-order valence-electron chi connectivity index (χ1n) is 7.20. The quantitative estimate of drug-likeness (QED) is 0.588. The molecule has 0 aliphatic heterocycles. The van der Waals surface area contributed by atoms with E-state index in [-0.39, 0.29) is 11.3 Å². The van der Waals surface area contributed by atoms with Gasteiger partial charge in [-0.25, -0.2) is 4.79 Å². The molecule has 0 aromatic heterocycles. The van der Waals surface area contributed by atoms with Crippen molar-refractivity contribution in [2.75, 3.05) is 5.43 Å². The summed E-state index contributed by atoms with van der Waals surface area (Å²) in [5, 5.41) is 13.1. The molecule has 0 spiro atoms. The minimum Gasteiger partial charge on any atom is -0.478 e. The maximum atomic E-state index is 12.1. The number of hydrazone groups is 1. The van der Waals surface area contributed by atoms with E-state index in [4.69, 9.17) is 5.11 Å². The summed E-state index contributed by atoms with van der Waals surface area (Å²) in [5.74, 6) is -0.910. The van der Waals surface area contributed by atoms with Crippen LogP contribution in [0.3, 0.4) is 0 Å². The Morgan fingerprint density at radius 2 is 1.71 bits per heavy atom.